The van der Waals surface area contributed by atoms with Crippen LogP contribution in [-0.4, -0.2) is 13.0 Å². The first kappa shape index (κ1) is 19.2. The molecule has 0 fully saturated rings. The molecule has 0 saturated heterocycles. The van der Waals surface area contributed by atoms with Gasteiger partial charge in [-0.05, 0) is 37.6 Å². The zero-order valence-corrected chi connectivity index (χ0v) is 17.5. The molecule has 0 amide bonds. The summed E-state index contributed by atoms with van der Waals surface area (Å²) in [5, 5.41) is 2.03. The van der Waals surface area contributed by atoms with Crippen LogP contribution in [0.4, 0.5) is 5.69 Å². The number of aromatic nitrogens is 1. The molecule has 0 saturated carbocycles. The van der Waals surface area contributed by atoms with E-state index in [1.807, 2.05) is 43.0 Å². The standard InChI is InChI=1S/C18H16Cl2N2O2S2/c1-11-4-7-15(12(2)8-11)21-18-22(3)16(10-25-18)13-5-6-14(19)17(9-13)26(20,23)24/h4-10H,1-3H3. The Morgan fingerprint density at radius 2 is 1.85 bits per heavy atom. The summed E-state index contributed by atoms with van der Waals surface area (Å²) in [4.78, 5) is 5.43. The highest BCUT2D eigenvalue weighted by molar-refractivity contribution is 8.13. The Morgan fingerprint density at radius 1 is 1.12 bits per heavy atom. The predicted octanol–water partition coefficient (Wildman–Crippen LogP) is 5.18. The number of benzene rings is 2. The first-order valence-electron chi connectivity index (χ1n) is 7.68. The van der Waals surface area contributed by atoms with E-state index in [4.69, 9.17) is 27.3 Å². The van der Waals surface area contributed by atoms with E-state index in [0.717, 1.165) is 21.7 Å². The van der Waals surface area contributed by atoms with Gasteiger partial charge in [0.15, 0.2) is 4.80 Å². The van der Waals surface area contributed by atoms with Crippen molar-refractivity contribution in [3.05, 3.63) is 62.7 Å². The van der Waals surface area contributed by atoms with Crippen LogP contribution in [0.1, 0.15) is 11.1 Å². The van der Waals surface area contributed by atoms with Gasteiger partial charge in [-0.15, -0.1) is 11.3 Å². The second-order valence-electron chi connectivity index (χ2n) is 5.95. The molecular formula is C18H16Cl2N2O2S2. The quantitative estimate of drug-likeness (QED) is 0.541. The second-order valence-corrected chi connectivity index (χ2v) is 9.73. The minimum atomic E-state index is -3.92. The maximum absolute atomic E-state index is 11.7. The third-order valence-corrected chi connectivity index (χ3v) is 6.70. The lowest BCUT2D eigenvalue weighted by Crippen LogP contribution is -2.11. The van der Waals surface area contributed by atoms with Gasteiger partial charge in [-0.1, -0.05) is 35.4 Å². The molecule has 0 bridgehead atoms. The number of thiazole rings is 1. The molecule has 1 heterocycles. The van der Waals surface area contributed by atoms with Crippen LogP contribution in [0.2, 0.25) is 5.02 Å². The van der Waals surface area contributed by atoms with Crippen LogP contribution in [-0.2, 0) is 16.1 Å². The molecule has 0 N–H and O–H groups in total. The maximum Gasteiger partial charge on any atom is 0.262 e. The SMILES string of the molecule is Cc1ccc(N=c2scc(-c3ccc(Cl)c(S(=O)(=O)Cl)c3)n2C)c(C)c1. The molecule has 136 valence electrons. The number of halogens is 2. The Kier molecular flexibility index (Phi) is 5.30. The molecule has 3 aromatic rings. The van der Waals surface area contributed by atoms with Crippen LogP contribution in [0.5, 0.6) is 0 Å². The maximum atomic E-state index is 11.7. The number of nitrogens with zero attached hydrogens (tertiary/aromatic N) is 2. The zero-order chi connectivity index (χ0) is 19.1. The van der Waals surface area contributed by atoms with E-state index in [1.54, 1.807) is 6.07 Å². The van der Waals surface area contributed by atoms with Crippen molar-refractivity contribution in [2.75, 3.05) is 0 Å². The first-order chi connectivity index (χ1) is 12.2. The van der Waals surface area contributed by atoms with E-state index in [9.17, 15) is 8.42 Å². The Balaban J connectivity index is 2.12. The number of hydrogen-bond acceptors (Lipinski definition) is 4. The van der Waals surface area contributed by atoms with Crippen LogP contribution >= 0.6 is 33.6 Å². The van der Waals surface area contributed by atoms with Gasteiger partial charge in [0, 0.05) is 28.7 Å². The summed E-state index contributed by atoms with van der Waals surface area (Å²) in [5.41, 5.74) is 4.72. The van der Waals surface area contributed by atoms with Crippen molar-refractivity contribution in [3.8, 4) is 11.3 Å². The van der Waals surface area contributed by atoms with Gasteiger partial charge in [0.2, 0.25) is 0 Å². The lowest BCUT2D eigenvalue weighted by atomic mass is 10.1. The van der Waals surface area contributed by atoms with Gasteiger partial charge in [0.25, 0.3) is 9.05 Å². The van der Waals surface area contributed by atoms with Crippen LogP contribution < -0.4 is 4.80 Å². The van der Waals surface area contributed by atoms with Crippen molar-refractivity contribution in [2.24, 2.45) is 12.0 Å². The molecule has 26 heavy (non-hydrogen) atoms. The van der Waals surface area contributed by atoms with Crippen molar-refractivity contribution >= 4 is 48.4 Å². The van der Waals surface area contributed by atoms with Gasteiger partial charge >= 0.3 is 0 Å². The molecule has 8 heteroatoms. The molecule has 0 aliphatic rings. The molecule has 0 unspecified atom stereocenters. The van der Waals surface area contributed by atoms with Gasteiger partial charge in [0.05, 0.1) is 16.4 Å². The number of rotatable bonds is 3. The van der Waals surface area contributed by atoms with Crippen molar-refractivity contribution < 1.29 is 8.42 Å². The normalized spacial score (nSPS) is 12.6. The van der Waals surface area contributed by atoms with Gasteiger partial charge in [-0.25, -0.2) is 13.4 Å². The summed E-state index contributed by atoms with van der Waals surface area (Å²) in [6, 6.07) is 10.9. The molecule has 2 aromatic carbocycles. The predicted molar refractivity (Wildman–Crippen MR) is 108 cm³/mol. The van der Waals surface area contributed by atoms with E-state index in [-0.39, 0.29) is 9.92 Å². The van der Waals surface area contributed by atoms with Crippen molar-refractivity contribution in [1.82, 2.24) is 4.57 Å². The highest BCUT2D eigenvalue weighted by Gasteiger charge is 2.17. The molecule has 0 spiro atoms. The van der Waals surface area contributed by atoms with E-state index in [2.05, 4.69) is 6.07 Å². The summed E-state index contributed by atoms with van der Waals surface area (Å²) >= 11 is 7.44. The third-order valence-electron chi connectivity index (χ3n) is 3.98. The summed E-state index contributed by atoms with van der Waals surface area (Å²) in [6.07, 6.45) is 0. The highest BCUT2D eigenvalue weighted by atomic mass is 35.7. The fourth-order valence-electron chi connectivity index (χ4n) is 2.62. The van der Waals surface area contributed by atoms with Crippen molar-refractivity contribution in [2.45, 2.75) is 18.7 Å². The summed E-state index contributed by atoms with van der Waals surface area (Å²) in [6.45, 7) is 4.07. The van der Waals surface area contributed by atoms with Crippen LogP contribution in [0.15, 0.2) is 51.7 Å². The van der Waals surface area contributed by atoms with E-state index in [1.165, 1.54) is 29.0 Å². The Labute approximate surface area is 165 Å². The third kappa shape index (κ3) is 3.88. The summed E-state index contributed by atoms with van der Waals surface area (Å²) in [5.74, 6) is 0. The fourth-order valence-corrected chi connectivity index (χ4v) is 5.03. The first-order valence-corrected chi connectivity index (χ1v) is 11.2. The molecule has 0 radical (unpaired) electrons. The number of hydrogen-bond donors (Lipinski definition) is 0. The van der Waals surface area contributed by atoms with Crippen molar-refractivity contribution in [3.63, 3.8) is 0 Å². The lowest BCUT2D eigenvalue weighted by molar-refractivity contribution is 0.609. The monoisotopic (exact) mass is 426 g/mol. The highest BCUT2D eigenvalue weighted by Crippen LogP contribution is 2.30. The molecular weight excluding hydrogens is 411 g/mol. The number of aryl methyl sites for hydroxylation is 2. The fraction of sp³-hybridized carbons (Fsp3) is 0.167. The van der Waals surface area contributed by atoms with E-state index < -0.39 is 9.05 Å². The van der Waals surface area contributed by atoms with Crippen molar-refractivity contribution in [1.29, 1.82) is 0 Å². The zero-order valence-electron chi connectivity index (χ0n) is 14.3. The molecule has 4 nitrogen and oxygen atoms in total. The molecule has 3 rings (SSSR count). The minimum absolute atomic E-state index is 0.0989. The molecule has 0 aliphatic carbocycles. The smallest absolute Gasteiger partial charge is 0.262 e. The average molecular weight is 427 g/mol. The Bertz CT molecular complexity index is 1160. The van der Waals surface area contributed by atoms with Crippen LogP contribution in [0, 0.1) is 13.8 Å². The molecule has 0 atom stereocenters. The average Bonchev–Trinajstić information content (AvgIpc) is 2.90. The minimum Gasteiger partial charge on any atom is -0.320 e. The Morgan fingerprint density at radius 3 is 2.50 bits per heavy atom. The topological polar surface area (TPSA) is 51.4 Å². The van der Waals surface area contributed by atoms with Gasteiger partial charge in [-0.3, -0.25) is 0 Å². The summed E-state index contributed by atoms with van der Waals surface area (Å²) < 4.78 is 25.3. The van der Waals surface area contributed by atoms with E-state index >= 15 is 0 Å². The van der Waals surface area contributed by atoms with Crippen LogP contribution in [0.3, 0.4) is 0 Å². The molecule has 1 aromatic heterocycles. The van der Waals surface area contributed by atoms with Gasteiger partial charge < -0.3 is 4.57 Å². The van der Waals surface area contributed by atoms with Gasteiger partial charge in [-0.2, -0.15) is 0 Å². The van der Waals surface area contributed by atoms with Gasteiger partial charge in [0.1, 0.15) is 4.90 Å². The second kappa shape index (κ2) is 7.19. The summed E-state index contributed by atoms with van der Waals surface area (Å²) in [7, 11) is 3.44. The lowest BCUT2D eigenvalue weighted by Gasteiger charge is -2.06. The van der Waals surface area contributed by atoms with E-state index in [0.29, 0.717) is 5.56 Å². The van der Waals surface area contributed by atoms with Crippen LogP contribution in [0.25, 0.3) is 11.3 Å². The molecule has 0 aliphatic heterocycles. The Hall–Kier alpha value is -1.60. The largest absolute Gasteiger partial charge is 0.320 e.